The number of nitrogens with one attached hydrogen (secondary N) is 2. The summed E-state index contributed by atoms with van der Waals surface area (Å²) in [5.74, 6) is 0.842. The molecule has 2 fully saturated rings. The topological polar surface area (TPSA) is 128 Å². The van der Waals surface area contributed by atoms with Crippen LogP contribution in [0.1, 0.15) is 25.7 Å². The Kier molecular flexibility index (Phi) is 5.51. The Hall–Kier alpha value is -3.67. The molecule has 2 aliphatic heterocycles. The summed E-state index contributed by atoms with van der Waals surface area (Å²) in [7, 11) is 0. The summed E-state index contributed by atoms with van der Waals surface area (Å²) in [4.78, 5) is 49.1. The fourth-order valence-electron chi connectivity index (χ4n) is 4.32. The number of thiazole rings is 1. The highest BCUT2D eigenvalue weighted by atomic mass is 32.1. The molecule has 11 nitrogen and oxygen atoms in total. The van der Waals surface area contributed by atoms with E-state index in [2.05, 4.69) is 25.5 Å². The van der Waals surface area contributed by atoms with Crippen LogP contribution in [0.15, 0.2) is 29.3 Å². The molecule has 1 aliphatic carbocycles. The smallest absolute Gasteiger partial charge is 0.273 e. The molecular formula is C23H24N6O5S. The molecule has 2 amide bonds. The van der Waals surface area contributed by atoms with Crippen LogP contribution in [0.3, 0.4) is 0 Å². The number of piperidine rings is 1. The lowest BCUT2D eigenvalue weighted by Gasteiger charge is -2.31. The maximum Gasteiger partial charge on any atom is 0.273 e. The Labute approximate surface area is 204 Å². The van der Waals surface area contributed by atoms with Gasteiger partial charge in [0.1, 0.15) is 17.6 Å². The van der Waals surface area contributed by atoms with Crippen LogP contribution in [0.2, 0.25) is 0 Å². The molecule has 0 bridgehead atoms. The van der Waals surface area contributed by atoms with Crippen molar-refractivity contribution in [2.24, 2.45) is 5.92 Å². The SMILES string of the molecule is O=C(Cn1cnc2nc(N3CCCC(C(=O)NC4CC4)C3)sc2c1=O)Nc1ccc2c(c1)OCO2. The molecule has 3 aromatic rings. The van der Waals surface area contributed by atoms with Gasteiger partial charge in [-0.3, -0.25) is 19.0 Å². The van der Waals surface area contributed by atoms with E-state index in [1.165, 1.54) is 22.2 Å². The van der Waals surface area contributed by atoms with E-state index in [-0.39, 0.29) is 36.6 Å². The summed E-state index contributed by atoms with van der Waals surface area (Å²) in [6.45, 7) is 1.32. The summed E-state index contributed by atoms with van der Waals surface area (Å²) in [6.07, 6.45) is 5.20. The van der Waals surface area contributed by atoms with Gasteiger partial charge in [0.15, 0.2) is 22.3 Å². The number of rotatable bonds is 6. The lowest BCUT2D eigenvalue weighted by Crippen LogP contribution is -2.43. The first-order valence-electron chi connectivity index (χ1n) is 11.6. The molecule has 1 atom stereocenters. The Morgan fingerprint density at radius 3 is 2.89 bits per heavy atom. The minimum absolute atomic E-state index is 0.0825. The van der Waals surface area contributed by atoms with Crippen LogP contribution in [-0.4, -0.2) is 52.3 Å². The van der Waals surface area contributed by atoms with Crippen molar-refractivity contribution in [3.05, 3.63) is 34.9 Å². The van der Waals surface area contributed by atoms with Crippen LogP contribution in [0.25, 0.3) is 10.3 Å². The molecule has 0 spiro atoms. The molecule has 0 radical (unpaired) electrons. The molecule has 2 N–H and O–H groups in total. The van der Waals surface area contributed by atoms with Crippen molar-refractivity contribution >= 4 is 44.3 Å². The lowest BCUT2D eigenvalue weighted by molar-refractivity contribution is -0.125. The zero-order chi connectivity index (χ0) is 23.9. The number of hydrogen-bond acceptors (Lipinski definition) is 9. The molecule has 35 heavy (non-hydrogen) atoms. The average molecular weight is 497 g/mol. The summed E-state index contributed by atoms with van der Waals surface area (Å²) < 4.78 is 12.3. The fraction of sp³-hybridized carbons (Fsp3) is 0.435. The van der Waals surface area contributed by atoms with Gasteiger partial charge in [-0.25, -0.2) is 4.98 Å². The maximum atomic E-state index is 13.1. The minimum atomic E-state index is -0.364. The van der Waals surface area contributed by atoms with E-state index in [4.69, 9.17) is 9.47 Å². The summed E-state index contributed by atoms with van der Waals surface area (Å²) in [5, 5.41) is 6.53. The molecule has 182 valence electrons. The number of nitrogens with zero attached hydrogens (tertiary/aromatic N) is 4. The van der Waals surface area contributed by atoms with Gasteiger partial charge < -0.3 is 25.0 Å². The van der Waals surface area contributed by atoms with E-state index in [0.717, 1.165) is 32.2 Å². The van der Waals surface area contributed by atoms with E-state index in [1.807, 2.05) is 0 Å². The zero-order valence-corrected chi connectivity index (χ0v) is 19.7. The number of anilines is 2. The van der Waals surface area contributed by atoms with Crippen LogP contribution in [0.4, 0.5) is 10.8 Å². The van der Waals surface area contributed by atoms with Crippen LogP contribution in [-0.2, 0) is 16.1 Å². The Balaban J connectivity index is 1.15. The Bertz CT molecular complexity index is 1370. The van der Waals surface area contributed by atoms with Crippen LogP contribution in [0, 0.1) is 5.92 Å². The van der Waals surface area contributed by atoms with Gasteiger partial charge >= 0.3 is 0 Å². The van der Waals surface area contributed by atoms with Crippen molar-refractivity contribution in [1.82, 2.24) is 19.9 Å². The molecule has 2 aromatic heterocycles. The van der Waals surface area contributed by atoms with E-state index in [0.29, 0.717) is 45.3 Å². The van der Waals surface area contributed by atoms with E-state index in [9.17, 15) is 14.4 Å². The largest absolute Gasteiger partial charge is 0.454 e. The van der Waals surface area contributed by atoms with Gasteiger partial charge in [0.2, 0.25) is 18.6 Å². The van der Waals surface area contributed by atoms with Crippen molar-refractivity contribution in [3.8, 4) is 11.5 Å². The Morgan fingerprint density at radius 1 is 1.17 bits per heavy atom. The molecule has 3 aliphatic rings. The van der Waals surface area contributed by atoms with Crippen molar-refractivity contribution in [3.63, 3.8) is 0 Å². The lowest BCUT2D eigenvalue weighted by atomic mass is 9.97. The van der Waals surface area contributed by atoms with E-state index in [1.54, 1.807) is 18.2 Å². The van der Waals surface area contributed by atoms with E-state index >= 15 is 0 Å². The highest BCUT2D eigenvalue weighted by Crippen LogP contribution is 2.34. The zero-order valence-electron chi connectivity index (χ0n) is 18.9. The number of hydrogen-bond donors (Lipinski definition) is 2. The monoisotopic (exact) mass is 496 g/mol. The second-order valence-electron chi connectivity index (χ2n) is 9.01. The summed E-state index contributed by atoms with van der Waals surface area (Å²) in [5.41, 5.74) is 0.582. The van der Waals surface area contributed by atoms with Gasteiger partial charge in [-0.05, 0) is 37.8 Å². The predicted molar refractivity (Wildman–Crippen MR) is 129 cm³/mol. The third-order valence-electron chi connectivity index (χ3n) is 6.33. The number of amides is 2. The van der Waals surface area contributed by atoms with Crippen LogP contribution in [0.5, 0.6) is 11.5 Å². The Morgan fingerprint density at radius 2 is 2.03 bits per heavy atom. The van der Waals surface area contributed by atoms with Gasteiger partial charge in [-0.2, -0.15) is 4.98 Å². The predicted octanol–water partition coefficient (Wildman–Crippen LogP) is 1.72. The standard InChI is InChI=1S/C23H24N6O5S/c30-18(25-15-5-6-16-17(8-15)34-12-33-16)10-29-11-24-20-19(22(29)32)35-23(27-20)28-7-1-2-13(9-28)21(31)26-14-3-4-14/h5-6,8,11,13-14H,1-4,7,9-10,12H2,(H,25,30)(H,26,31). The van der Waals surface area contributed by atoms with E-state index < -0.39 is 0 Å². The van der Waals surface area contributed by atoms with Crippen molar-refractivity contribution in [2.45, 2.75) is 38.3 Å². The van der Waals surface area contributed by atoms with Gasteiger partial charge in [-0.1, -0.05) is 11.3 Å². The highest BCUT2D eigenvalue weighted by molar-refractivity contribution is 7.22. The second-order valence-corrected chi connectivity index (χ2v) is 9.99. The molecule has 1 saturated carbocycles. The van der Waals surface area contributed by atoms with Crippen LogP contribution >= 0.6 is 11.3 Å². The summed E-state index contributed by atoms with van der Waals surface area (Å²) >= 11 is 1.25. The summed E-state index contributed by atoms with van der Waals surface area (Å²) in [6, 6.07) is 5.45. The van der Waals surface area contributed by atoms with Crippen LogP contribution < -0.4 is 30.6 Å². The highest BCUT2D eigenvalue weighted by Gasteiger charge is 2.31. The number of ether oxygens (including phenoxy) is 2. The van der Waals surface area contributed by atoms with Gasteiger partial charge in [0, 0.05) is 30.9 Å². The van der Waals surface area contributed by atoms with Gasteiger partial charge in [-0.15, -0.1) is 0 Å². The molecule has 12 heteroatoms. The fourth-order valence-corrected chi connectivity index (χ4v) is 5.33. The molecule has 6 rings (SSSR count). The normalized spacial score (nSPS) is 19.1. The molecular weight excluding hydrogens is 472 g/mol. The van der Waals surface area contributed by atoms with Gasteiger partial charge in [0.05, 0.1) is 5.92 Å². The number of benzene rings is 1. The number of carbonyl (C=O) groups excluding carboxylic acids is 2. The average Bonchev–Trinajstić information content (AvgIpc) is 3.37. The second kappa shape index (κ2) is 8.84. The quantitative estimate of drug-likeness (QED) is 0.528. The first-order valence-corrected chi connectivity index (χ1v) is 12.5. The van der Waals surface area contributed by atoms with Crippen molar-refractivity contribution in [1.29, 1.82) is 0 Å². The van der Waals surface area contributed by atoms with Gasteiger partial charge in [0.25, 0.3) is 5.56 Å². The maximum absolute atomic E-state index is 13.1. The van der Waals surface area contributed by atoms with Crippen molar-refractivity contribution in [2.75, 3.05) is 30.1 Å². The first-order chi connectivity index (χ1) is 17.0. The number of carbonyl (C=O) groups is 2. The molecule has 1 unspecified atom stereocenters. The number of fused-ring (bicyclic) bond motifs is 2. The molecule has 4 heterocycles. The third-order valence-corrected chi connectivity index (χ3v) is 7.42. The molecule has 1 saturated heterocycles. The van der Waals surface area contributed by atoms with Crippen molar-refractivity contribution < 1.29 is 19.1 Å². The molecule has 1 aromatic carbocycles. The first kappa shape index (κ1) is 21.8. The third kappa shape index (κ3) is 4.53. The number of aromatic nitrogens is 3. The minimum Gasteiger partial charge on any atom is -0.454 e.